The lowest BCUT2D eigenvalue weighted by Crippen LogP contribution is -2.09. The highest BCUT2D eigenvalue weighted by molar-refractivity contribution is 5.87. The summed E-state index contributed by atoms with van der Waals surface area (Å²) in [5, 5.41) is 8.51. The second-order valence-electron chi connectivity index (χ2n) is 3.77. The van der Waals surface area contributed by atoms with Crippen molar-refractivity contribution in [2.45, 2.75) is 13.3 Å². The molecule has 0 bridgehead atoms. The maximum Gasteiger partial charge on any atom is 0.336 e. The van der Waals surface area contributed by atoms with E-state index in [9.17, 15) is 4.79 Å². The van der Waals surface area contributed by atoms with Gasteiger partial charge >= 0.3 is 5.97 Å². The first-order valence-corrected chi connectivity index (χ1v) is 5.84. The summed E-state index contributed by atoms with van der Waals surface area (Å²) in [6.45, 7) is 2.05. The second-order valence-corrected chi connectivity index (χ2v) is 3.77. The van der Waals surface area contributed by atoms with Crippen LogP contribution in [0.2, 0.25) is 0 Å². The van der Waals surface area contributed by atoms with Crippen molar-refractivity contribution < 1.29 is 19.4 Å². The molecule has 4 nitrogen and oxygen atoms in total. The zero-order valence-corrected chi connectivity index (χ0v) is 10.5. The first-order chi connectivity index (χ1) is 8.74. The van der Waals surface area contributed by atoms with Crippen LogP contribution >= 0.6 is 0 Å². The van der Waals surface area contributed by atoms with Crippen molar-refractivity contribution >= 4 is 5.97 Å². The van der Waals surface area contributed by atoms with E-state index in [1.54, 1.807) is 6.92 Å². The van der Waals surface area contributed by atoms with Gasteiger partial charge in [-0.2, -0.15) is 0 Å². The molecule has 1 N–H and O–H groups in total. The Balaban J connectivity index is 2.26. The third-order valence-corrected chi connectivity index (χ3v) is 2.26. The molecule has 0 unspecified atom stereocenters. The number of hydrogen-bond donors (Lipinski definition) is 1. The molecule has 0 fully saturated rings. The Kier molecular flexibility index (Phi) is 6.58. The van der Waals surface area contributed by atoms with Gasteiger partial charge in [0.05, 0.1) is 25.0 Å². The Morgan fingerprint density at radius 2 is 2.00 bits per heavy atom. The van der Waals surface area contributed by atoms with Crippen LogP contribution in [0.5, 0.6) is 0 Å². The lowest BCUT2D eigenvalue weighted by atomic mass is 10.2. The Morgan fingerprint density at radius 3 is 2.67 bits per heavy atom. The molecule has 0 atom stereocenters. The van der Waals surface area contributed by atoms with Crippen molar-refractivity contribution in [2.24, 2.45) is 0 Å². The quantitative estimate of drug-likeness (QED) is 0.346. The van der Waals surface area contributed by atoms with Gasteiger partial charge in [-0.1, -0.05) is 30.3 Å². The van der Waals surface area contributed by atoms with E-state index in [0.29, 0.717) is 18.6 Å². The van der Waals surface area contributed by atoms with Gasteiger partial charge in [0.15, 0.2) is 0 Å². The van der Waals surface area contributed by atoms with Gasteiger partial charge in [-0.15, -0.1) is 0 Å². The van der Waals surface area contributed by atoms with Crippen molar-refractivity contribution in [1.29, 1.82) is 0 Å². The third kappa shape index (κ3) is 5.50. The Bertz CT molecular complexity index is 384. The maximum absolute atomic E-state index is 11.5. The fourth-order valence-electron chi connectivity index (χ4n) is 1.30. The van der Waals surface area contributed by atoms with Gasteiger partial charge in [0, 0.05) is 6.42 Å². The van der Waals surface area contributed by atoms with Gasteiger partial charge in [0.25, 0.3) is 0 Å². The maximum atomic E-state index is 11.5. The van der Waals surface area contributed by atoms with E-state index in [1.807, 2.05) is 30.3 Å². The molecule has 1 aromatic carbocycles. The van der Waals surface area contributed by atoms with Gasteiger partial charge < -0.3 is 14.6 Å². The number of ether oxygens (including phenoxy) is 2. The van der Waals surface area contributed by atoms with Crippen molar-refractivity contribution in [3.63, 3.8) is 0 Å². The summed E-state index contributed by atoms with van der Waals surface area (Å²) in [4.78, 5) is 11.5. The summed E-state index contributed by atoms with van der Waals surface area (Å²) in [6.07, 6.45) is 2.00. The predicted octanol–water partition coefficient (Wildman–Crippen LogP) is 1.68. The SMILES string of the molecule is CC(=COCCO)C(=O)OCCc1ccccc1. The highest BCUT2D eigenvalue weighted by atomic mass is 16.5. The van der Waals surface area contributed by atoms with Crippen LogP contribution in [-0.4, -0.2) is 30.9 Å². The Labute approximate surface area is 107 Å². The number of esters is 1. The molecule has 0 amide bonds. The van der Waals surface area contributed by atoms with Gasteiger partial charge in [-0.3, -0.25) is 0 Å². The predicted molar refractivity (Wildman–Crippen MR) is 67.9 cm³/mol. The zero-order valence-electron chi connectivity index (χ0n) is 10.5. The summed E-state index contributed by atoms with van der Waals surface area (Å²) in [5.41, 5.74) is 1.51. The minimum atomic E-state index is -0.399. The number of carbonyl (C=O) groups excluding carboxylic acids is 1. The summed E-state index contributed by atoms with van der Waals surface area (Å²) in [6, 6.07) is 9.82. The van der Waals surface area contributed by atoms with Gasteiger partial charge in [0.1, 0.15) is 6.61 Å². The highest BCUT2D eigenvalue weighted by Crippen LogP contribution is 2.02. The van der Waals surface area contributed by atoms with Crippen molar-refractivity contribution in [3.8, 4) is 0 Å². The molecule has 0 aliphatic carbocycles. The molecule has 4 heteroatoms. The average Bonchev–Trinajstić information content (AvgIpc) is 2.40. The van der Waals surface area contributed by atoms with Crippen LogP contribution in [0.4, 0.5) is 0 Å². The summed E-state index contributed by atoms with van der Waals surface area (Å²) in [7, 11) is 0. The third-order valence-electron chi connectivity index (χ3n) is 2.26. The van der Waals surface area contributed by atoms with Crippen LogP contribution in [-0.2, 0) is 20.7 Å². The highest BCUT2D eigenvalue weighted by Gasteiger charge is 2.05. The Morgan fingerprint density at radius 1 is 1.28 bits per heavy atom. The summed E-state index contributed by atoms with van der Waals surface area (Å²) < 4.78 is 10.0. The van der Waals surface area contributed by atoms with E-state index in [2.05, 4.69) is 0 Å². The van der Waals surface area contributed by atoms with Crippen LogP contribution in [0.25, 0.3) is 0 Å². The number of aliphatic hydroxyl groups is 1. The first-order valence-electron chi connectivity index (χ1n) is 5.84. The number of benzene rings is 1. The van der Waals surface area contributed by atoms with E-state index in [1.165, 1.54) is 6.26 Å². The first kappa shape index (κ1) is 14.3. The van der Waals surface area contributed by atoms with E-state index < -0.39 is 5.97 Å². The van der Waals surface area contributed by atoms with E-state index in [-0.39, 0.29) is 13.2 Å². The van der Waals surface area contributed by atoms with Crippen LogP contribution in [0, 0.1) is 0 Å². The average molecular weight is 250 g/mol. The zero-order chi connectivity index (χ0) is 13.2. The number of aliphatic hydroxyl groups excluding tert-OH is 1. The van der Waals surface area contributed by atoms with Crippen LogP contribution in [0.15, 0.2) is 42.2 Å². The standard InChI is InChI=1S/C14H18O4/c1-12(11-17-10-8-15)14(16)18-9-7-13-5-3-2-4-6-13/h2-6,11,15H,7-10H2,1H3. The normalized spacial score (nSPS) is 11.1. The van der Waals surface area contributed by atoms with Crippen molar-refractivity contribution in [3.05, 3.63) is 47.7 Å². The monoisotopic (exact) mass is 250 g/mol. The fraction of sp³-hybridized carbons (Fsp3) is 0.357. The van der Waals surface area contributed by atoms with Gasteiger partial charge in [-0.05, 0) is 12.5 Å². The van der Waals surface area contributed by atoms with Gasteiger partial charge in [0.2, 0.25) is 0 Å². The summed E-state index contributed by atoms with van der Waals surface area (Å²) in [5.74, 6) is -0.399. The molecule has 0 heterocycles. The molecule has 0 saturated heterocycles. The molecular formula is C14H18O4. The number of carbonyl (C=O) groups is 1. The molecule has 0 aliphatic heterocycles. The molecule has 0 saturated carbocycles. The molecule has 98 valence electrons. The fourth-order valence-corrected chi connectivity index (χ4v) is 1.30. The van der Waals surface area contributed by atoms with Crippen molar-refractivity contribution in [1.82, 2.24) is 0 Å². The molecule has 0 radical (unpaired) electrons. The smallest absolute Gasteiger partial charge is 0.336 e. The second kappa shape index (κ2) is 8.31. The molecule has 0 spiro atoms. The molecule has 1 rings (SSSR count). The molecular weight excluding hydrogens is 232 g/mol. The van der Waals surface area contributed by atoms with Crippen LogP contribution < -0.4 is 0 Å². The lowest BCUT2D eigenvalue weighted by Gasteiger charge is -2.05. The molecule has 1 aromatic rings. The van der Waals surface area contributed by atoms with E-state index >= 15 is 0 Å². The topological polar surface area (TPSA) is 55.8 Å². The summed E-state index contributed by atoms with van der Waals surface area (Å²) >= 11 is 0. The van der Waals surface area contributed by atoms with E-state index in [4.69, 9.17) is 14.6 Å². The van der Waals surface area contributed by atoms with Crippen molar-refractivity contribution in [2.75, 3.05) is 19.8 Å². The minimum absolute atomic E-state index is 0.0766. The van der Waals surface area contributed by atoms with Crippen LogP contribution in [0.3, 0.4) is 0 Å². The van der Waals surface area contributed by atoms with E-state index in [0.717, 1.165) is 5.56 Å². The lowest BCUT2D eigenvalue weighted by molar-refractivity contribution is -0.139. The van der Waals surface area contributed by atoms with Gasteiger partial charge in [-0.25, -0.2) is 4.79 Å². The Hall–Kier alpha value is -1.81. The minimum Gasteiger partial charge on any atom is -0.498 e. The molecule has 0 aliphatic rings. The molecule has 0 aromatic heterocycles. The largest absolute Gasteiger partial charge is 0.498 e. The number of hydrogen-bond acceptors (Lipinski definition) is 4. The van der Waals surface area contributed by atoms with Crippen LogP contribution in [0.1, 0.15) is 12.5 Å². The number of rotatable bonds is 7. The molecule has 18 heavy (non-hydrogen) atoms.